The van der Waals surface area contributed by atoms with Crippen LogP contribution in [-0.4, -0.2) is 49.5 Å². The van der Waals surface area contributed by atoms with Crippen LogP contribution in [0, 0.1) is 0 Å². The van der Waals surface area contributed by atoms with Crippen molar-refractivity contribution >= 4 is 16.2 Å². The lowest BCUT2D eigenvalue weighted by atomic mass is 9.78. The molecule has 0 aromatic rings. The molecule has 2 heterocycles. The van der Waals surface area contributed by atoms with Gasteiger partial charge >= 0.3 is 6.09 Å². The van der Waals surface area contributed by atoms with Crippen LogP contribution in [0.1, 0.15) is 40.0 Å². The van der Waals surface area contributed by atoms with E-state index in [1.54, 1.807) is 4.90 Å². The molecule has 3 fully saturated rings. The third-order valence-electron chi connectivity index (χ3n) is 3.32. The van der Waals surface area contributed by atoms with Gasteiger partial charge < -0.3 is 9.64 Å². The number of piperidine rings is 1. The summed E-state index contributed by atoms with van der Waals surface area (Å²) in [7, 11) is -3.43. The number of ether oxygens (including phenoxy) is 1. The Balaban J connectivity index is 1.92. The Hall–Kier alpha value is -0.820. The van der Waals surface area contributed by atoms with E-state index in [9.17, 15) is 13.2 Å². The summed E-state index contributed by atoms with van der Waals surface area (Å²) in [6, 6.07) is 0.0840. The van der Waals surface area contributed by atoms with Gasteiger partial charge in [-0.25, -0.2) is 4.79 Å². The number of carbonyl (C=O) groups is 1. The van der Waals surface area contributed by atoms with Crippen molar-refractivity contribution in [2.75, 3.05) is 6.26 Å². The van der Waals surface area contributed by atoms with E-state index >= 15 is 0 Å². The lowest BCUT2D eigenvalue weighted by molar-refractivity contribution is -0.0779. The van der Waals surface area contributed by atoms with Gasteiger partial charge in [-0.2, -0.15) is 8.42 Å². The van der Waals surface area contributed by atoms with Crippen LogP contribution in [0.25, 0.3) is 0 Å². The highest BCUT2D eigenvalue weighted by molar-refractivity contribution is 7.86. The molecule has 0 aromatic heterocycles. The van der Waals surface area contributed by atoms with Crippen molar-refractivity contribution in [1.82, 2.24) is 4.90 Å². The highest BCUT2D eigenvalue weighted by Gasteiger charge is 2.50. The molecule has 2 aliphatic heterocycles. The lowest BCUT2D eigenvalue weighted by Crippen LogP contribution is -2.64. The van der Waals surface area contributed by atoms with Crippen molar-refractivity contribution < 1.29 is 22.1 Å². The fourth-order valence-corrected chi connectivity index (χ4v) is 3.41. The molecule has 0 radical (unpaired) electrons. The number of nitrogens with zero attached hydrogens (tertiary/aromatic N) is 1. The predicted octanol–water partition coefficient (Wildman–Crippen LogP) is 1.50. The second-order valence-corrected chi connectivity index (χ2v) is 7.93. The average Bonchev–Trinajstić information content (AvgIpc) is 2.10. The molecule has 0 aromatic carbocycles. The van der Waals surface area contributed by atoms with E-state index in [1.807, 2.05) is 20.8 Å². The number of rotatable bonds is 2. The summed E-state index contributed by atoms with van der Waals surface area (Å²) in [6.45, 7) is 5.49. The number of carbonyl (C=O) groups excluding carboxylic acids is 1. The summed E-state index contributed by atoms with van der Waals surface area (Å²) in [5.41, 5.74) is -0.510. The molecule has 6 nitrogen and oxygen atoms in total. The van der Waals surface area contributed by atoms with E-state index in [0.717, 1.165) is 12.7 Å². The zero-order chi connectivity index (χ0) is 14.4. The minimum absolute atomic E-state index is 0.0420. The molecule has 2 atom stereocenters. The summed E-state index contributed by atoms with van der Waals surface area (Å²) < 4.78 is 32.5. The van der Waals surface area contributed by atoms with E-state index in [-0.39, 0.29) is 24.3 Å². The summed E-state index contributed by atoms with van der Waals surface area (Å²) >= 11 is 0. The van der Waals surface area contributed by atoms with Gasteiger partial charge in [0.25, 0.3) is 10.1 Å². The number of amides is 1. The second kappa shape index (κ2) is 4.63. The fourth-order valence-electron chi connectivity index (χ4n) is 2.76. The summed E-state index contributed by atoms with van der Waals surface area (Å²) in [4.78, 5) is 13.7. The molecule has 2 unspecified atom stereocenters. The zero-order valence-corrected chi connectivity index (χ0v) is 12.6. The zero-order valence-electron chi connectivity index (χ0n) is 11.8. The summed E-state index contributed by atoms with van der Waals surface area (Å²) in [5, 5.41) is 0. The lowest BCUT2D eigenvalue weighted by Gasteiger charge is -2.54. The van der Waals surface area contributed by atoms with Crippen LogP contribution in [0.4, 0.5) is 4.79 Å². The molecule has 1 saturated carbocycles. The Bertz CT molecular complexity index is 455. The first-order chi connectivity index (χ1) is 8.55. The quantitative estimate of drug-likeness (QED) is 0.721. The van der Waals surface area contributed by atoms with Gasteiger partial charge in [0.2, 0.25) is 0 Å². The Kier molecular flexibility index (Phi) is 3.55. The highest BCUT2D eigenvalue weighted by Crippen LogP contribution is 2.40. The summed E-state index contributed by atoms with van der Waals surface area (Å²) in [6.07, 6.45) is 2.46. The van der Waals surface area contributed by atoms with E-state index in [1.165, 1.54) is 0 Å². The molecular formula is C12H21NO5S. The van der Waals surface area contributed by atoms with Crippen LogP contribution in [0.15, 0.2) is 0 Å². The second-order valence-electron chi connectivity index (χ2n) is 6.32. The first-order valence-electron chi connectivity index (χ1n) is 6.45. The first kappa shape index (κ1) is 14.6. The minimum Gasteiger partial charge on any atom is -0.444 e. The van der Waals surface area contributed by atoms with Crippen molar-refractivity contribution in [2.45, 2.75) is 63.8 Å². The first-order valence-corrected chi connectivity index (χ1v) is 8.26. The van der Waals surface area contributed by atoms with Gasteiger partial charge in [-0.1, -0.05) is 0 Å². The third-order valence-corrected chi connectivity index (χ3v) is 3.94. The van der Waals surface area contributed by atoms with Crippen LogP contribution in [0.3, 0.4) is 0 Å². The molecule has 3 rings (SSSR count). The highest BCUT2D eigenvalue weighted by atomic mass is 32.2. The van der Waals surface area contributed by atoms with Gasteiger partial charge in [-0.05, 0) is 40.0 Å². The summed E-state index contributed by atoms with van der Waals surface area (Å²) in [5.74, 6) is 0. The molecule has 7 heteroatoms. The number of hydrogen-bond acceptors (Lipinski definition) is 5. The standard InChI is InChI=1S/C12H21NO5S/c1-12(2,3)17-11(14)13-8-5-9(13)7-10(6-8)18-19(4,15)16/h8-10H,5-7H2,1-4H3. The topological polar surface area (TPSA) is 72.9 Å². The van der Waals surface area contributed by atoms with Crippen LogP contribution in [0.5, 0.6) is 0 Å². The molecule has 2 bridgehead atoms. The van der Waals surface area contributed by atoms with Crippen molar-refractivity contribution in [3.63, 3.8) is 0 Å². The van der Waals surface area contributed by atoms with E-state index in [2.05, 4.69) is 0 Å². The fraction of sp³-hybridized carbons (Fsp3) is 0.917. The largest absolute Gasteiger partial charge is 0.444 e. The van der Waals surface area contributed by atoms with Crippen LogP contribution in [0.2, 0.25) is 0 Å². The number of fused-ring (bicyclic) bond motifs is 2. The van der Waals surface area contributed by atoms with Gasteiger partial charge in [0, 0.05) is 12.1 Å². The molecule has 0 N–H and O–H groups in total. The SMILES string of the molecule is CC(C)(C)OC(=O)N1C2CC(OS(C)(=O)=O)CC1C2. The Morgan fingerprint density at radius 2 is 1.68 bits per heavy atom. The maximum absolute atomic E-state index is 12.0. The average molecular weight is 291 g/mol. The van der Waals surface area contributed by atoms with Crippen molar-refractivity contribution in [3.05, 3.63) is 0 Å². The van der Waals surface area contributed by atoms with Crippen molar-refractivity contribution in [1.29, 1.82) is 0 Å². The Morgan fingerprint density at radius 1 is 1.16 bits per heavy atom. The molecule has 110 valence electrons. The van der Waals surface area contributed by atoms with Gasteiger partial charge in [0.05, 0.1) is 12.4 Å². The molecule has 2 saturated heterocycles. The monoisotopic (exact) mass is 291 g/mol. The molecule has 1 aliphatic carbocycles. The van der Waals surface area contributed by atoms with E-state index in [0.29, 0.717) is 12.8 Å². The number of hydrogen-bond donors (Lipinski definition) is 0. The Labute approximate surface area is 114 Å². The molecule has 3 aliphatic rings. The third kappa shape index (κ3) is 3.60. The minimum atomic E-state index is -3.43. The molecular weight excluding hydrogens is 270 g/mol. The van der Waals surface area contributed by atoms with Gasteiger partial charge in [-0.3, -0.25) is 4.18 Å². The van der Waals surface area contributed by atoms with Crippen LogP contribution in [-0.2, 0) is 19.0 Å². The van der Waals surface area contributed by atoms with Crippen LogP contribution < -0.4 is 0 Å². The Morgan fingerprint density at radius 3 is 2.11 bits per heavy atom. The van der Waals surface area contributed by atoms with Gasteiger partial charge in [0.1, 0.15) is 5.60 Å². The van der Waals surface area contributed by atoms with E-state index < -0.39 is 15.7 Å². The van der Waals surface area contributed by atoms with E-state index in [4.69, 9.17) is 8.92 Å². The maximum Gasteiger partial charge on any atom is 0.410 e. The molecule has 0 spiro atoms. The smallest absolute Gasteiger partial charge is 0.410 e. The molecule has 1 amide bonds. The normalized spacial score (nSPS) is 30.7. The van der Waals surface area contributed by atoms with Crippen LogP contribution >= 0.6 is 0 Å². The van der Waals surface area contributed by atoms with Gasteiger partial charge in [-0.15, -0.1) is 0 Å². The van der Waals surface area contributed by atoms with Crippen molar-refractivity contribution in [2.24, 2.45) is 0 Å². The van der Waals surface area contributed by atoms with Crippen molar-refractivity contribution in [3.8, 4) is 0 Å². The maximum atomic E-state index is 12.0. The predicted molar refractivity (Wildman–Crippen MR) is 69.2 cm³/mol. The molecule has 19 heavy (non-hydrogen) atoms. The van der Waals surface area contributed by atoms with Gasteiger partial charge in [0.15, 0.2) is 0 Å².